The van der Waals surface area contributed by atoms with Crippen LogP contribution < -0.4 is 4.57 Å². The van der Waals surface area contributed by atoms with Gasteiger partial charge in [0.2, 0.25) is 16.6 Å². The monoisotopic (exact) mass is 206 g/mol. The van der Waals surface area contributed by atoms with Crippen LogP contribution in [0.4, 0.5) is 0 Å². The first-order valence-corrected chi connectivity index (χ1v) is 5.40. The highest BCUT2D eigenvalue weighted by Crippen LogP contribution is 2.20. The fourth-order valence-corrected chi connectivity index (χ4v) is 2.79. The molecule has 0 spiro atoms. The molecule has 2 rings (SSSR count). The van der Waals surface area contributed by atoms with E-state index in [1.807, 2.05) is 26.0 Å². The van der Waals surface area contributed by atoms with E-state index in [0.29, 0.717) is 0 Å². The smallest absolute Gasteiger partial charge is 0.235 e. The number of thiazole rings is 1. The van der Waals surface area contributed by atoms with E-state index < -0.39 is 0 Å². The molecular weight excluding hydrogens is 194 g/mol. The van der Waals surface area contributed by atoms with E-state index in [4.69, 9.17) is 0 Å². The lowest BCUT2D eigenvalue weighted by Gasteiger charge is -1.97. The van der Waals surface area contributed by atoms with Crippen molar-refractivity contribution in [2.24, 2.45) is 0 Å². The van der Waals surface area contributed by atoms with Crippen molar-refractivity contribution in [3.05, 3.63) is 29.3 Å². The predicted octanol–water partition coefficient (Wildman–Crippen LogP) is 2.26. The molecule has 1 unspecified atom stereocenters. The Labute approximate surface area is 86.8 Å². The van der Waals surface area contributed by atoms with Crippen LogP contribution in [0.1, 0.15) is 18.0 Å². The molecule has 0 aliphatic heterocycles. The average Bonchev–Trinajstić information content (AvgIpc) is 2.53. The van der Waals surface area contributed by atoms with Gasteiger partial charge in [-0.05, 0) is 6.07 Å². The van der Waals surface area contributed by atoms with E-state index in [1.165, 1.54) is 9.71 Å². The lowest BCUT2D eigenvalue weighted by molar-refractivity contribution is -0.680. The fourth-order valence-electron chi connectivity index (χ4n) is 1.69. The van der Waals surface area contributed by atoms with Crippen LogP contribution in [0, 0.1) is 6.92 Å². The Kier molecular flexibility index (Phi) is 2.33. The summed E-state index contributed by atoms with van der Waals surface area (Å²) in [5.41, 5.74) is 1.15. The maximum atomic E-state index is 10.8. The molecule has 0 radical (unpaired) electrons. The summed E-state index contributed by atoms with van der Waals surface area (Å²) >= 11 is 1.73. The Morgan fingerprint density at radius 2 is 2.14 bits per heavy atom. The Morgan fingerprint density at radius 3 is 2.86 bits per heavy atom. The normalized spacial score (nSPS) is 13.0. The van der Waals surface area contributed by atoms with Gasteiger partial charge in [-0.15, -0.1) is 0 Å². The van der Waals surface area contributed by atoms with Gasteiger partial charge in [0.1, 0.15) is 4.70 Å². The zero-order valence-corrected chi connectivity index (χ0v) is 9.04. The quantitative estimate of drug-likeness (QED) is 0.545. The second-order valence-electron chi connectivity index (χ2n) is 3.34. The molecule has 72 valence electrons. The number of para-hydroxylation sites is 1. The van der Waals surface area contributed by atoms with Gasteiger partial charge in [0.15, 0.2) is 6.29 Å². The summed E-state index contributed by atoms with van der Waals surface area (Å²) in [7, 11) is 0. The first-order valence-electron chi connectivity index (χ1n) is 4.59. The van der Waals surface area contributed by atoms with Crippen molar-refractivity contribution in [1.82, 2.24) is 0 Å². The van der Waals surface area contributed by atoms with Gasteiger partial charge < -0.3 is 0 Å². The zero-order valence-electron chi connectivity index (χ0n) is 8.23. The largest absolute Gasteiger partial charge is 0.296 e. The van der Waals surface area contributed by atoms with Gasteiger partial charge in [0.25, 0.3) is 0 Å². The van der Waals surface area contributed by atoms with Crippen molar-refractivity contribution in [2.75, 3.05) is 0 Å². The Morgan fingerprint density at radius 1 is 1.43 bits per heavy atom. The molecule has 2 nitrogen and oxygen atoms in total. The number of carbonyl (C=O) groups excluding carboxylic acids is 1. The molecule has 0 aliphatic rings. The minimum Gasteiger partial charge on any atom is -0.296 e. The Bertz CT molecular complexity index is 475. The van der Waals surface area contributed by atoms with Crippen LogP contribution in [0.3, 0.4) is 0 Å². The lowest BCUT2D eigenvalue weighted by atomic mass is 10.3. The maximum Gasteiger partial charge on any atom is 0.235 e. The summed E-state index contributed by atoms with van der Waals surface area (Å²) in [6.45, 7) is 3.96. The van der Waals surface area contributed by atoms with Crippen LogP contribution in [0.25, 0.3) is 10.2 Å². The topological polar surface area (TPSA) is 20.9 Å². The van der Waals surface area contributed by atoms with Crippen LogP contribution >= 0.6 is 11.3 Å². The highest BCUT2D eigenvalue weighted by Gasteiger charge is 2.21. The van der Waals surface area contributed by atoms with Crippen LogP contribution in [-0.4, -0.2) is 6.29 Å². The van der Waals surface area contributed by atoms with E-state index in [2.05, 4.69) is 16.7 Å². The number of benzene rings is 1. The summed E-state index contributed by atoms with van der Waals surface area (Å²) < 4.78 is 3.31. The number of aromatic nitrogens is 1. The number of rotatable bonds is 2. The molecule has 0 N–H and O–H groups in total. The third-order valence-electron chi connectivity index (χ3n) is 2.33. The standard InChI is InChI=1S/C11H12NOS/c1-8(7-13)12-9(2)14-11-6-4-3-5-10(11)12/h3-8H,1-2H3/q+1. The zero-order chi connectivity index (χ0) is 10.1. The molecule has 1 aromatic heterocycles. The second kappa shape index (κ2) is 3.50. The van der Waals surface area contributed by atoms with Gasteiger partial charge in [-0.25, -0.2) is 0 Å². The molecule has 14 heavy (non-hydrogen) atoms. The number of nitrogens with zero attached hydrogens (tertiary/aromatic N) is 1. The summed E-state index contributed by atoms with van der Waals surface area (Å²) in [6.07, 6.45) is 0.978. The van der Waals surface area contributed by atoms with Gasteiger partial charge in [-0.3, -0.25) is 4.79 Å². The highest BCUT2D eigenvalue weighted by molar-refractivity contribution is 7.18. The molecule has 0 fully saturated rings. The molecule has 1 atom stereocenters. The molecule has 0 amide bonds. The Balaban J connectivity index is 2.73. The minimum atomic E-state index is -0.0776. The van der Waals surface area contributed by atoms with Crippen molar-refractivity contribution in [1.29, 1.82) is 0 Å². The Hall–Kier alpha value is -1.22. The molecule has 0 saturated carbocycles. The van der Waals surface area contributed by atoms with Crippen LogP contribution in [0.5, 0.6) is 0 Å². The summed E-state index contributed by atoms with van der Waals surface area (Å²) in [5.74, 6) is 0. The van der Waals surface area contributed by atoms with Crippen molar-refractivity contribution < 1.29 is 9.36 Å². The maximum absolute atomic E-state index is 10.8. The number of aryl methyl sites for hydroxylation is 1. The molecule has 1 heterocycles. The third-order valence-corrected chi connectivity index (χ3v) is 3.38. The van der Waals surface area contributed by atoms with E-state index in [9.17, 15) is 4.79 Å². The van der Waals surface area contributed by atoms with Crippen LogP contribution in [-0.2, 0) is 4.79 Å². The van der Waals surface area contributed by atoms with Crippen molar-refractivity contribution in [2.45, 2.75) is 19.9 Å². The third kappa shape index (κ3) is 1.34. The number of hydrogen-bond donors (Lipinski definition) is 0. The lowest BCUT2D eigenvalue weighted by Crippen LogP contribution is -2.39. The molecule has 2 aromatic rings. The fraction of sp³-hybridized carbons (Fsp3) is 0.273. The average molecular weight is 206 g/mol. The summed E-state index contributed by atoms with van der Waals surface area (Å²) in [4.78, 5) is 10.8. The second-order valence-corrected chi connectivity index (χ2v) is 4.57. The van der Waals surface area contributed by atoms with Crippen LogP contribution in [0.2, 0.25) is 0 Å². The molecule has 0 bridgehead atoms. The SMILES string of the molecule is Cc1sc2ccccc2[n+]1C(C)C=O. The number of aldehydes is 1. The van der Waals surface area contributed by atoms with E-state index in [-0.39, 0.29) is 6.04 Å². The number of hydrogen-bond acceptors (Lipinski definition) is 2. The van der Waals surface area contributed by atoms with Crippen LogP contribution in [0.15, 0.2) is 24.3 Å². The van der Waals surface area contributed by atoms with Gasteiger partial charge in [0.05, 0.1) is 0 Å². The summed E-state index contributed by atoms with van der Waals surface area (Å²) in [6, 6.07) is 8.09. The number of carbonyl (C=O) groups is 1. The predicted molar refractivity (Wildman–Crippen MR) is 57.5 cm³/mol. The summed E-state index contributed by atoms with van der Waals surface area (Å²) in [5, 5.41) is 1.17. The van der Waals surface area contributed by atoms with Crippen molar-refractivity contribution >= 4 is 27.8 Å². The van der Waals surface area contributed by atoms with E-state index >= 15 is 0 Å². The van der Waals surface area contributed by atoms with Gasteiger partial charge in [0, 0.05) is 19.9 Å². The molecule has 1 aromatic carbocycles. The molecule has 3 heteroatoms. The van der Waals surface area contributed by atoms with Crippen molar-refractivity contribution in [3.8, 4) is 0 Å². The van der Waals surface area contributed by atoms with Gasteiger partial charge in [-0.2, -0.15) is 4.57 Å². The highest BCUT2D eigenvalue weighted by atomic mass is 32.1. The van der Waals surface area contributed by atoms with E-state index in [1.54, 1.807) is 11.3 Å². The van der Waals surface area contributed by atoms with Gasteiger partial charge >= 0.3 is 0 Å². The number of fused-ring (bicyclic) bond motifs is 1. The molecular formula is C11H12NOS+. The molecule has 0 saturated heterocycles. The first-order chi connectivity index (χ1) is 6.74. The van der Waals surface area contributed by atoms with E-state index in [0.717, 1.165) is 11.8 Å². The minimum absolute atomic E-state index is 0.0776. The molecule has 0 aliphatic carbocycles. The first kappa shape index (κ1) is 9.34. The van der Waals surface area contributed by atoms with Gasteiger partial charge in [-0.1, -0.05) is 23.5 Å². The van der Waals surface area contributed by atoms with Crippen molar-refractivity contribution in [3.63, 3.8) is 0 Å².